The summed E-state index contributed by atoms with van der Waals surface area (Å²) in [6.45, 7) is 9.72. The maximum atomic E-state index is 13.5. The van der Waals surface area contributed by atoms with Crippen LogP contribution in [0.2, 0.25) is 0 Å². The van der Waals surface area contributed by atoms with Crippen LogP contribution < -0.4 is 20.1 Å². The van der Waals surface area contributed by atoms with Crippen LogP contribution in [-0.2, 0) is 48.1 Å². The lowest BCUT2D eigenvalue weighted by Crippen LogP contribution is -2.12. The van der Waals surface area contributed by atoms with Crippen molar-refractivity contribution in [2.45, 2.75) is 36.5 Å². The van der Waals surface area contributed by atoms with Crippen LogP contribution in [0.15, 0.2) is 154 Å². The molecular weight excluding hydrogens is 781 g/mol. The molecule has 14 nitrogen and oxygen atoms in total. The van der Waals surface area contributed by atoms with E-state index in [2.05, 4.69) is 23.8 Å². The quantitative estimate of drug-likeness (QED) is 0.0515. The fraction of sp³-hybridized carbons (Fsp3) is 0.136. The van der Waals surface area contributed by atoms with Gasteiger partial charge in [-0.2, -0.15) is 0 Å². The average molecular weight is 821 g/mol. The van der Waals surface area contributed by atoms with Gasteiger partial charge in [0.1, 0.15) is 24.1 Å². The highest BCUT2D eigenvalue weighted by Gasteiger charge is 2.19. The second-order valence-electron chi connectivity index (χ2n) is 12.6. The Morgan fingerprint density at radius 2 is 0.932 bits per heavy atom. The second kappa shape index (κ2) is 21.2. The molecule has 0 aromatic heterocycles. The summed E-state index contributed by atoms with van der Waals surface area (Å²) in [5, 5.41) is 5.29. The summed E-state index contributed by atoms with van der Waals surface area (Å²) in [4.78, 5) is 71.5. The smallest absolute Gasteiger partial charge is 0.333 e. The van der Waals surface area contributed by atoms with Gasteiger partial charge in [-0.3, -0.25) is 19.2 Å². The highest BCUT2D eigenvalue weighted by atomic mass is 32.2. The van der Waals surface area contributed by atoms with E-state index < -0.39 is 33.6 Å². The van der Waals surface area contributed by atoms with Crippen LogP contribution in [0, 0.1) is 0 Å². The number of aldehydes is 2. The van der Waals surface area contributed by atoms with Crippen molar-refractivity contribution in [3.05, 3.63) is 145 Å². The number of carbonyl (C=O) groups is 6. The standard InChI is InChI=1S/C44H40N2O12S/c1-29(2)43(51)55-23-21-31(27-47)25-41(49)45-37-9-5-7-11-39(37)57-33-13-17-35(18-14-33)59(53,54)36-19-15-34(16-20-36)58-40-12-8-6-10-38(40)46-42(50)26-32(28-48)22-24-56-44(52)30(3)4/h5-20,25-28H,1,3,21-24H2,2,4H3,(H,45,49)(H,46,50). The Bertz CT molecular complexity index is 2250. The molecule has 0 fully saturated rings. The van der Waals surface area contributed by atoms with Crippen molar-refractivity contribution in [2.75, 3.05) is 23.8 Å². The third kappa shape index (κ3) is 13.4. The molecule has 304 valence electrons. The third-order valence-corrected chi connectivity index (χ3v) is 9.68. The fourth-order valence-electron chi connectivity index (χ4n) is 4.86. The van der Waals surface area contributed by atoms with Gasteiger partial charge in [-0.1, -0.05) is 37.4 Å². The van der Waals surface area contributed by atoms with Crippen LogP contribution in [0.25, 0.3) is 0 Å². The maximum Gasteiger partial charge on any atom is 0.333 e. The molecule has 4 rings (SSSR count). The first-order valence-corrected chi connectivity index (χ1v) is 19.3. The van der Waals surface area contributed by atoms with Crippen LogP contribution in [0.4, 0.5) is 11.4 Å². The summed E-state index contributed by atoms with van der Waals surface area (Å²) in [5.74, 6) is -1.45. The van der Waals surface area contributed by atoms with Crippen LogP contribution in [0.1, 0.15) is 26.7 Å². The third-order valence-electron chi connectivity index (χ3n) is 7.89. The number of hydrogen-bond donors (Lipinski definition) is 2. The number of nitrogens with one attached hydrogen (secondary N) is 2. The van der Waals surface area contributed by atoms with Gasteiger partial charge in [0.15, 0.2) is 11.5 Å². The van der Waals surface area contributed by atoms with Gasteiger partial charge in [0.2, 0.25) is 21.7 Å². The number of rotatable bonds is 20. The summed E-state index contributed by atoms with van der Waals surface area (Å²) in [5.41, 5.74) is 1.16. The van der Waals surface area contributed by atoms with Gasteiger partial charge in [-0.15, -0.1) is 0 Å². The van der Waals surface area contributed by atoms with Crippen molar-refractivity contribution in [3.63, 3.8) is 0 Å². The van der Waals surface area contributed by atoms with Gasteiger partial charge in [-0.05, 0) is 86.6 Å². The molecule has 0 atom stereocenters. The van der Waals surface area contributed by atoms with E-state index >= 15 is 0 Å². The molecule has 0 aliphatic heterocycles. The first kappa shape index (κ1) is 44.3. The molecule has 0 saturated heterocycles. The molecule has 2 amide bonds. The van der Waals surface area contributed by atoms with E-state index in [1.807, 2.05) is 0 Å². The van der Waals surface area contributed by atoms with Crippen LogP contribution in [0.5, 0.6) is 23.0 Å². The molecule has 4 aromatic rings. The molecule has 0 saturated carbocycles. The Morgan fingerprint density at radius 3 is 1.27 bits per heavy atom. The summed E-state index contributed by atoms with van der Waals surface area (Å²) in [7, 11) is -3.99. The Balaban J connectivity index is 1.38. The van der Waals surface area contributed by atoms with E-state index in [4.69, 9.17) is 18.9 Å². The molecule has 4 aromatic carbocycles. The van der Waals surface area contributed by atoms with Gasteiger partial charge >= 0.3 is 11.9 Å². The predicted octanol–water partition coefficient (Wildman–Crippen LogP) is 7.25. The molecule has 0 spiro atoms. The van der Waals surface area contributed by atoms with E-state index in [1.165, 1.54) is 62.4 Å². The number of carbonyl (C=O) groups excluding carboxylic acids is 6. The molecule has 0 unspecified atom stereocenters. The molecule has 59 heavy (non-hydrogen) atoms. The number of amides is 2. The molecule has 0 aliphatic rings. The van der Waals surface area contributed by atoms with Crippen LogP contribution in [-0.4, -0.2) is 58.0 Å². The van der Waals surface area contributed by atoms with E-state index in [9.17, 15) is 37.2 Å². The van der Waals surface area contributed by atoms with Gasteiger partial charge < -0.3 is 29.6 Å². The first-order chi connectivity index (χ1) is 28.2. The summed E-state index contributed by atoms with van der Waals surface area (Å²) >= 11 is 0. The lowest BCUT2D eigenvalue weighted by atomic mass is 10.2. The van der Waals surface area contributed by atoms with Crippen molar-refractivity contribution >= 4 is 57.5 Å². The van der Waals surface area contributed by atoms with Gasteiger partial charge in [-0.25, -0.2) is 18.0 Å². The Hall–Kier alpha value is -7.39. The SMILES string of the molecule is C=C(C)C(=O)OCCC(C=O)=CC(=O)Nc1ccccc1Oc1ccc(S(=O)(=O)c2ccc(Oc3ccccc3NC(=O)C=C(C=O)CCOC(=O)C(=C)C)cc2)cc1. The minimum Gasteiger partial charge on any atom is -0.462 e. The van der Waals surface area contributed by atoms with Crippen LogP contribution in [0.3, 0.4) is 0 Å². The molecule has 0 bridgehead atoms. The highest BCUT2D eigenvalue weighted by molar-refractivity contribution is 7.91. The van der Waals surface area contributed by atoms with Crippen molar-refractivity contribution in [3.8, 4) is 23.0 Å². The highest BCUT2D eigenvalue weighted by Crippen LogP contribution is 2.33. The Labute approximate surface area is 340 Å². The number of hydrogen-bond acceptors (Lipinski definition) is 12. The molecule has 15 heteroatoms. The maximum absolute atomic E-state index is 13.5. The van der Waals surface area contributed by atoms with E-state index in [0.717, 1.165) is 12.2 Å². The number of para-hydroxylation sites is 4. The Morgan fingerprint density at radius 1 is 0.576 bits per heavy atom. The summed E-state index contributed by atoms with van der Waals surface area (Å²) < 4.78 is 48.9. The number of benzene rings is 4. The van der Waals surface area contributed by atoms with E-state index in [1.54, 1.807) is 48.5 Å². The molecule has 0 heterocycles. The van der Waals surface area contributed by atoms with Crippen molar-refractivity contribution < 1.29 is 56.1 Å². The zero-order valence-corrected chi connectivity index (χ0v) is 32.9. The predicted molar refractivity (Wildman–Crippen MR) is 218 cm³/mol. The van der Waals surface area contributed by atoms with Crippen molar-refractivity contribution in [1.29, 1.82) is 0 Å². The first-order valence-electron chi connectivity index (χ1n) is 17.8. The lowest BCUT2D eigenvalue weighted by Gasteiger charge is -2.13. The topological polar surface area (TPSA) is 198 Å². The van der Waals surface area contributed by atoms with Gasteiger partial charge in [0.25, 0.3) is 0 Å². The number of esters is 2. The molecule has 0 aliphatic carbocycles. The lowest BCUT2D eigenvalue weighted by molar-refractivity contribution is -0.139. The fourth-order valence-corrected chi connectivity index (χ4v) is 6.12. The second-order valence-corrected chi connectivity index (χ2v) is 14.6. The zero-order valence-electron chi connectivity index (χ0n) is 32.1. The number of ether oxygens (including phenoxy) is 4. The van der Waals surface area contributed by atoms with E-state index in [-0.39, 0.29) is 92.5 Å². The summed E-state index contributed by atoms with van der Waals surface area (Å²) in [6.07, 6.45) is 3.18. The normalized spacial score (nSPS) is 11.4. The van der Waals surface area contributed by atoms with E-state index in [0.29, 0.717) is 12.6 Å². The monoisotopic (exact) mass is 820 g/mol. The summed E-state index contributed by atoms with van der Waals surface area (Å²) in [6, 6.07) is 24.3. The van der Waals surface area contributed by atoms with Gasteiger partial charge in [0, 0.05) is 47.3 Å². The van der Waals surface area contributed by atoms with Crippen molar-refractivity contribution in [1.82, 2.24) is 0 Å². The Kier molecular flexibility index (Phi) is 15.9. The van der Waals surface area contributed by atoms with Crippen LogP contribution >= 0.6 is 0 Å². The van der Waals surface area contributed by atoms with Gasteiger partial charge in [0.05, 0.1) is 34.4 Å². The zero-order chi connectivity index (χ0) is 43.0. The molecule has 2 N–H and O–H groups in total. The van der Waals surface area contributed by atoms with Crippen molar-refractivity contribution in [2.24, 2.45) is 0 Å². The minimum absolute atomic E-state index is 0.0163. The molecule has 0 radical (unpaired) electrons. The molecular formula is C44H40N2O12S. The minimum atomic E-state index is -3.99. The average Bonchev–Trinajstić information content (AvgIpc) is 3.21. The largest absolute Gasteiger partial charge is 0.462 e. The number of anilines is 2. The number of sulfone groups is 1.